The first-order chi connectivity index (χ1) is 15.1. The number of hydrogen-bond acceptors (Lipinski definition) is 5. The third-order valence-electron chi connectivity index (χ3n) is 4.28. The Morgan fingerprint density at radius 3 is 2.62 bits per heavy atom. The normalized spacial score (nSPS) is 12.2. The fourth-order valence-corrected chi connectivity index (χ4v) is 3.93. The lowest BCUT2D eigenvalue weighted by molar-refractivity contribution is -0.137. The van der Waals surface area contributed by atoms with Crippen LogP contribution in [-0.2, 0) is 15.7 Å². The largest absolute Gasteiger partial charge is 0.439 e. The molecule has 3 N–H and O–H groups in total. The van der Waals surface area contributed by atoms with E-state index in [1.165, 1.54) is 23.5 Å². The van der Waals surface area contributed by atoms with Gasteiger partial charge in [-0.3, -0.25) is 4.79 Å². The Labute approximate surface area is 190 Å². The summed E-state index contributed by atoms with van der Waals surface area (Å²) in [5.74, 6) is -0.547. The zero-order valence-electron chi connectivity index (χ0n) is 16.4. The van der Waals surface area contributed by atoms with Gasteiger partial charge < -0.3 is 15.8 Å². The van der Waals surface area contributed by atoms with Crippen molar-refractivity contribution in [1.29, 1.82) is 0 Å². The van der Waals surface area contributed by atoms with Crippen LogP contribution in [-0.4, -0.2) is 17.0 Å². The van der Waals surface area contributed by atoms with Crippen molar-refractivity contribution in [3.8, 4) is 11.3 Å². The molecule has 2 amide bonds. The van der Waals surface area contributed by atoms with Gasteiger partial charge in [-0.05, 0) is 36.8 Å². The molecule has 1 atom stereocenters. The van der Waals surface area contributed by atoms with E-state index in [1.807, 2.05) is 6.07 Å². The molecule has 0 fully saturated rings. The number of carbonyl (C=O) groups is 2. The van der Waals surface area contributed by atoms with Crippen molar-refractivity contribution in [3.63, 3.8) is 0 Å². The van der Waals surface area contributed by atoms with E-state index >= 15 is 0 Å². The van der Waals surface area contributed by atoms with Crippen LogP contribution in [0.15, 0.2) is 53.9 Å². The molecule has 1 heterocycles. The van der Waals surface area contributed by atoms with Gasteiger partial charge in [-0.15, -0.1) is 11.3 Å². The molecule has 1 aromatic heterocycles. The smallest absolute Gasteiger partial charge is 0.416 e. The van der Waals surface area contributed by atoms with Gasteiger partial charge in [-0.1, -0.05) is 29.8 Å². The predicted octanol–water partition coefficient (Wildman–Crippen LogP) is 6.04. The van der Waals surface area contributed by atoms with Crippen molar-refractivity contribution >= 4 is 40.6 Å². The summed E-state index contributed by atoms with van der Waals surface area (Å²) in [6.07, 6.45) is -6.55. The highest BCUT2D eigenvalue weighted by Gasteiger charge is 2.30. The van der Waals surface area contributed by atoms with E-state index in [4.69, 9.17) is 22.1 Å². The number of alkyl halides is 3. The zero-order chi connectivity index (χ0) is 23.3. The number of halogens is 4. The molecule has 0 aliphatic rings. The fourth-order valence-electron chi connectivity index (χ4n) is 2.85. The molecule has 3 rings (SSSR count). The number of nitrogens with two attached hydrogens (primary N) is 1. The molecule has 1 unspecified atom stereocenters. The van der Waals surface area contributed by atoms with Crippen LogP contribution in [0, 0.1) is 0 Å². The summed E-state index contributed by atoms with van der Waals surface area (Å²) in [5, 5.41) is 5.12. The Morgan fingerprint density at radius 1 is 1.19 bits per heavy atom. The summed E-state index contributed by atoms with van der Waals surface area (Å²) in [7, 11) is 0. The van der Waals surface area contributed by atoms with Crippen molar-refractivity contribution in [2.45, 2.75) is 25.1 Å². The van der Waals surface area contributed by atoms with Crippen LogP contribution in [0.25, 0.3) is 11.3 Å². The van der Waals surface area contributed by atoms with E-state index in [0.717, 1.165) is 17.7 Å². The molecular formula is C21H17ClF3N3O3S. The molecule has 3 aromatic rings. The van der Waals surface area contributed by atoms with E-state index in [0.29, 0.717) is 15.7 Å². The summed E-state index contributed by atoms with van der Waals surface area (Å²) in [4.78, 5) is 28.0. The third-order valence-corrected chi connectivity index (χ3v) is 5.46. The van der Waals surface area contributed by atoms with Gasteiger partial charge in [-0.2, -0.15) is 13.2 Å². The lowest BCUT2D eigenvalue weighted by atomic mass is 10.1. The van der Waals surface area contributed by atoms with Crippen molar-refractivity contribution in [1.82, 2.24) is 4.98 Å². The summed E-state index contributed by atoms with van der Waals surface area (Å²) in [6, 6.07) is 11.3. The molecule has 0 saturated carbocycles. The summed E-state index contributed by atoms with van der Waals surface area (Å²) >= 11 is 7.22. The topological polar surface area (TPSA) is 94.3 Å². The van der Waals surface area contributed by atoms with Crippen LogP contribution in [0.5, 0.6) is 0 Å². The Bertz CT molecular complexity index is 1120. The van der Waals surface area contributed by atoms with Crippen LogP contribution in [0.3, 0.4) is 0 Å². The predicted molar refractivity (Wildman–Crippen MR) is 115 cm³/mol. The second-order valence-corrected chi connectivity index (χ2v) is 8.00. The van der Waals surface area contributed by atoms with Gasteiger partial charge in [0.05, 0.1) is 11.3 Å². The number of primary amides is 1. The molecule has 2 aromatic carbocycles. The highest BCUT2D eigenvalue weighted by Crippen LogP contribution is 2.32. The number of anilines is 1. The third kappa shape index (κ3) is 6.44. The molecule has 0 spiro atoms. The lowest BCUT2D eigenvalue weighted by Gasteiger charge is -2.14. The minimum absolute atomic E-state index is 0.00897. The Morgan fingerprint density at radius 2 is 1.94 bits per heavy atom. The molecule has 0 saturated heterocycles. The van der Waals surface area contributed by atoms with Crippen molar-refractivity contribution in [2.75, 3.05) is 5.32 Å². The van der Waals surface area contributed by atoms with Crippen molar-refractivity contribution < 1.29 is 27.5 Å². The maximum Gasteiger partial charge on any atom is 0.416 e. The lowest BCUT2D eigenvalue weighted by Crippen LogP contribution is -2.19. The van der Waals surface area contributed by atoms with Gasteiger partial charge in [0.25, 0.3) is 0 Å². The minimum atomic E-state index is -4.52. The number of thiazole rings is 1. The van der Waals surface area contributed by atoms with E-state index in [-0.39, 0.29) is 18.5 Å². The number of benzene rings is 2. The summed E-state index contributed by atoms with van der Waals surface area (Å²) in [5.41, 5.74) is 5.66. The zero-order valence-corrected chi connectivity index (χ0v) is 17.9. The van der Waals surface area contributed by atoms with E-state index in [9.17, 15) is 22.8 Å². The van der Waals surface area contributed by atoms with Gasteiger partial charge in [0.15, 0.2) is 6.10 Å². The molecule has 0 aliphatic carbocycles. The van der Waals surface area contributed by atoms with Gasteiger partial charge in [0, 0.05) is 28.1 Å². The van der Waals surface area contributed by atoms with E-state index in [2.05, 4.69) is 10.3 Å². The van der Waals surface area contributed by atoms with Gasteiger partial charge in [0.1, 0.15) is 5.01 Å². The number of nitrogens with one attached hydrogen (secondary N) is 1. The van der Waals surface area contributed by atoms with Crippen molar-refractivity contribution in [2.24, 2.45) is 5.73 Å². The number of carbonyl (C=O) groups excluding carboxylic acids is 2. The molecule has 0 radical (unpaired) electrons. The fraction of sp³-hybridized carbons (Fsp3) is 0.190. The van der Waals surface area contributed by atoms with Gasteiger partial charge in [0.2, 0.25) is 5.91 Å². The van der Waals surface area contributed by atoms with Crippen LogP contribution in [0.1, 0.15) is 29.5 Å². The van der Waals surface area contributed by atoms with Gasteiger partial charge >= 0.3 is 12.3 Å². The molecule has 168 valence electrons. The van der Waals surface area contributed by atoms with Crippen LogP contribution in [0.4, 0.5) is 23.7 Å². The average molecular weight is 484 g/mol. The second-order valence-electron chi connectivity index (χ2n) is 6.67. The first kappa shape index (κ1) is 23.6. The number of amides is 2. The molecular weight excluding hydrogens is 467 g/mol. The SMILES string of the molecule is NC(=O)OC(CCC(=O)Nc1cccc(C(F)(F)F)c1)c1nc(-c2cccc(Cl)c2)cs1. The standard InChI is InChI=1S/C21H17ClF3N3O3S/c22-14-5-1-3-12(9-14)16-11-32-19(28-16)17(31-20(26)30)7-8-18(29)27-15-6-2-4-13(10-15)21(23,24)25/h1-6,9-11,17H,7-8H2,(H2,26,30)(H,27,29). The monoisotopic (exact) mass is 483 g/mol. The minimum Gasteiger partial charge on any atom is -0.439 e. The van der Waals surface area contributed by atoms with Gasteiger partial charge in [-0.25, -0.2) is 9.78 Å². The maximum atomic E-state index is 12.8. The molecule has 11 heteroatoms. The Hall–Kier alpha value is -3.11. The number of ether oxygens (including phenoxy) is 1. The maximum absolute atomic E-state index is 12.8. The molecule has 32 heavy (non-hydrogen) atoms. The van der Waals surface area contributed by atoms with E-state index in [1.54, 1.807) is 23.6 Å². The van der Waals surface area contributed by atoms with Crippen molar-refractivity contribution in [3.05, 3.63) is 69.5 Å². The highest BCUT2D eigenvalue weighted by molar-refractivity contribution is 7.10. The quantitative estimate of drug-likeness (QED) is 0.428. The molecule has 0 bridgehead atoms. The number of aromatic nitrogens is 1. The Kier molecular flexibility index (Phi) is 7.37. The first-order valence-corrected chi connectivity index (χ1v) is 10.5. The highest BCUT2D eigenvalue weighted by atomic mass is 35.5. The Balaban J connectivity index is 1.68. The number of rotatable bonds is 7. The van der Waals surface area contributed by atoms with Crippen LogP contribution < -0.4 is 11.1 Å². The molecule has 0 aliphatic heterocycles. The number of nitrogens with zero attached hydrogens (tertiary/aromatic N) is 1. The molecule has 6 nitrogen and oxygen atoms in total. The first-order valence-electron chi connectivity index (χ1n) is 9.26. The van der Waals surface area contributed by atoms with Crippen LogP contribution >= 0.6 is 22.9 Å². The van der Waals surface area contributed by atoms with Crippen LogP contribution in [0.2, 0.25) is 5.02 Å². The second kappa shape index (κ2) is 10.0. The summed E-state index contributed by atoms with van der Waals surface area (Å²) in [6.45, 7) is 0. The number of hydrogen-bond donors (Lipinski definition) is 2. The summed E-state index contributed by atoms with van der Waals surface area (Å²) < 4.78 is 43.6. The van der Waals surface area contributed by atoms with E-state index < -0.39 is 29.8 Å². The average Bonchev–Trinajstić information content (AvgIpc) is 3.21.